The highest BCUT2D eigenvalue weighted by molar-refractivity contribution is 7.51. The number of fused-ring (bicyclic) bond motifs is 10. The molecule has 0 spiro atoms. The lowest BCUT2D eigenvalue weighted by atomic mass is 9.55. The molecule has 3 unspecified atom stereocenters. The van der Waals surface area contributed by atoms with Crippen molar-refractivity contribution in [3.63, 3.8) is 0 Å². The van der Waals surface area contributed by atoms with Gasteiger partial charge in [0.1, 0.15) is 22.3 Å². The summed E-state index contributed by atoms with van der Waals surface area (Å²) >= 11 is 0. The van der Waals surface area contributed by atoms with E-state index in [0.717, 1.165) is 69.9 Å². The summed E-state index contributed by atoms with van der Waals surface area (Å²) in [6.07, 6.45) is 7.91. The molecule has 12 heteroatoms. The lowest BCUT2D eigenvalue weighted by molar-refractivity contribution is -0.155. The molecule has 18 aromatic rings. The molecule has 5 heterocycles. The van der Waals surface area contributed by atoms with Crippen LogP contribution >= 0.6 is 52.3 Å². The van der Waals surface area contributed by atoms with Crippen LogP contribution in [-0.2, 0) is 16.3 Å². The molecule has 5 aromatic heterocycles. The highest BCUT2D eigenvalue weighted by atomic mass is 32.2. The summed E-state index contributed by atoms with van der Waals surface area (Å²) in [4.78, 5) is 19.4. The van der Waals surface area contributed by atoms with Gasteiger partial charge in [-0.3, -0.25) is 4.79 Å². The van der Waals surface area contributed by atoms with Crippen molar-refractivity contribution in [1.29, 1.82) is 0 Å². The highest BCUT2D eigenvalue weighted by Gasteiger charge is 2.49. The molecule has 4 aliphatic carbocycles. The van der Waals surface area contributed by atoms with E-state index in [0.29, 0.717) is 23.0 Å². The van der Waals surface area contributed by atoms with Crippen LogP contribution in [0, 0.1) is 51.4 Å². The largest absolute Gasteiger partial charge is 0.493 e. The third-order valence-electron chi connectivity index (χ3n) is 24.3. The van der Waals surface area contributed by atoms with Crippen molar-refractivity contribution in [3.05, 3.63) is 364 Å². The smallest absolute Gasteiger partial charge is 0.416 e. The molecule has 610 valence electrons. The van der Waals surface area contributed by atoms with Crippen LogP contribution in [0.1, 0.15) is 119 Å². The highest BCUT2D eigenvalue weighted by Crippen LogP contribution is 2.56. The van der Waals surface area contributed by atoms with Crippen LogP contribution in [0.25, 0.3) is 105 Å². The summed E-state index contributed by atoms with van der Waals surface area (Å²) in [5.74, 6) is 5.57. The second-order valence-corrected chi connectivity index (χ2v) is 43.3. The lowest BCUT2D eigenvalue weighted by Gasteiger charge is -2.53. The van der Waals surface area contributed by atoms with E-state index in [4.69, 9.17) is 14.2 Å². The molecule has 121 heavy (non-hydrogen) atoms. The monoisotopic (exact) mass is 1690 g/mol. The van der Waals surface area contributed by atoms with E-state index < -0.39 is 22.2 Å². The Morgan fingerprint density at radius 1 is 0.347 bits per heavy atom. The van der Waals surface area contributed by atoms with Gasteiger partial charge in [-0.2, -0.15) is 13.2 Å². The van der Waals surface area contributed by atoms with E-state index >= 15 is 0 Å². The molecule has 0 aliphatic heterocycles. The van der Waals surface area contributed by atoms with Crippen LogP contribution in [0.5, 0.6) is 11.5 Å². The fraction of sp³-hybridized carbons (Fsp3) is 0.239. The van der Waals surface area contributed by atoms with Crippen molar-refractivity contribution in [2.24, 2.45) is 23.7 Å². The Kier molecular flexibility index (Phi) is 24.8. The molecular formula is C109H104F3O4S5+5. The Hall–Kier alpha value is -10.5. The number of benzene rings is 13. The Balaban J connectivity index is 0.000000110. The van der Waals surface area contributed by atoms with E-state index in [-0.39, 0.29) is 58.1 Å². The van der Waals surface area contributed by atoms with Crippen LogP contribution < -0.4 is 14.9 Å². The summed E-state index contributed by atoms with van der Waals surface area (Å²) in [5, 5.41) is 13.5. The Morgan fingerprint density at radius 2 is 0.719 bits per heavy atom. The molecule has 4 nitrogen and oxygen atoms in total. The normalized spacial score (nSPS) is 16.5. The number of hydrogen-bond acceptors (Lipinski definition) is 4. The van der Waals surface area contributed by atoms with Gasteiger partial charge in [0.25, 0.3) is 0 Å². The van der Waals surface area contributed by atoms with Crippen molar-refractivity contribution in [3.8, 4) is 36.0 Å². The number of unbranched alkanes of at least 4 members (excludes halogenated alkanes) is 3. The molecule has 4 bridgehead atoms. The van der Waals surface area contributed by atoms with Crippen molar-refractivity contribution in [2.75, 3.05) is 13.4 Å². The molecule has 4 aliphatic rings. The maximum Gasteiger partial charge on any atom is 0.416 e. The van der Waals surface area contributed by atoms with E-state index in [1.165, 1.54) is 165 Å². The van der Waals surface area contributed by atoms with Crippen molar-refractivity contribution >= 4 is 133 Å². The summed E-state index contributed by atoms with van der Waals surface area (Å²) in [6, 6.07) is 107. The molecule has 22 rings (SSSR count). The van der Waals surface area contributed by atoms with Gasteiger partial charge in [0, 0.05) is 121 Å². The van der Waals surface area contributed by atoms with Crippen molar-refractivity contribution in [2.45, 2.75) is 131 Å². The fourth-order valence-corrected chi connectivity index (χ4v) is 30.1. The van der Waals surface area contributed by atoms with Gasteiger partial charge in [-0.1, -0.05) is 180 Å². The maximum atomic E-state index is 13.1. The van der Waals surface area contributed by atoms with Crippen LogP contribution in [-0.4, -0.2) is 19.5 Å². The van der Waals surface area contributed by atoms with E-state index in [2.05, 4.69) is 303 Å². The second-order valence-electron chi connectivity index (χ2n) is 33.7. The van der Waals surface area contributed by atoms with Gasteiger partial charge in [0.05, 0.1) is 29.0 Å². The Labute approximate surface area is 722 Å². The zero-order chi connectivity index (χ0) is 83.5. The fourth-order valence-electron chi connectivity index (χ4n) is 18.9. The van der Waals surface area contributed by atoms with E-state index in [9.17, 15) is 18.0 Å². The predicted octanol–water partition coefficient (Wildman–Crippen LogP) is 33.4. The first-order valence-corrected chi connectivity index (χ1v) is 48.8. The first kappa shape index (κ1) is 82.8. The van der Waals surface area contributed by atoms with Gasteiger partial charge in [-0.25, -0.2) is 0 Å². The summed E-state index contributed by atoms with van der Waals surface area (Å²) in [7, 11) is -0.432. The molecule has 4 fully saturated rings. The predicted molar refractivity (Wildman–Crippen MR) is 517 cm³/mol. The number of aryl methyl sites for hydroxylation is 4. The van der Waals surface area contributed by atoms with E-state index in [1.807, 2.05) is 42.5 Å². The molecule has 13 aromatic carbocycles. The SMILES string of the molecule is CC(C)(C)c1ccc(-[s+]2ccc3ccccc32)cc1.CCCCCCOc1c(C)cc(-[s+]2c3ccccc3c3ccccc32)cc1C.Cc1cc(-[s+]2c3ccccc3c3ccccc32)cc(C)c1OCOC1C2CC3CC(C2)CC1C3.O=c1c2ccccc2[s+](-c2ccccc2)c2ccc(C(F)(F)F)cc12.c1ccc(-[s+]2ccc3ccccc32)cc1. The maximum absolute atomic E-state index is 13.1. The molecular weight excluding hydrogens is 1590 g/mol. The van der Waals surface area contributed by atoms with Crippen LogP contribution in [0.15, 0.2) is 325 Å². The molecule has 0 amide bonds. The van der Waals surface area contributed by atoms with Gasteiger partial charge in [-0.05, 0) is 263 Å². The number of hydrogen-bond donors (Lipinski definition) is 0. The minimum absolute atomic E-state index is 0.0350. The first-order chi connectivity index (χ1) is 58.8. The third-order valence-corrected chi connectivity index (χ3v) is 35.3. The van der Waals surface area contributed by atoms with Crippen molar-refractivity contribution in [1.82, 2.24) is 0 Å². The van der Waals surface area contributed by atoms with Crippen LogP contribution in [0.3, 0.4) is 0 Å². The first-order valence-electron chi connectivity index (χ1n) is 42.6. The molecule has 4 saturated carbocycles. The lowest BCUT2D eigenvalue weighted by Crippen LogP contribution is -2.49. The second kappa shape index (κ2) is 36.3. The quantitative estimate of drug-likeness (QED) is 0.0444. The average molecular weight is 1700 g/mol. The van der Waals surface area contributed by atoms with Gasteiger partial charge in [-0.15, -0.1) is 0 Å². The number of rotatable bonds is 15. The van der Waals surface area contributed by atoms with Gasteiger partial charge in [0.2, 0.25) is 5.43 Å². The van der Waals surface area contributed by atoms with Gasteiger partial charge in [0.15, 0.2) is 68.9 Å². The van der Waals surface area contributed by atoms with E-state index in [1.54, 1.807) is 12.1 Å². The zero-order valence-corrected chi connectivity index (χ0v) is 74.2. The minimum atomic E-state index is -4.47. The standard InChI is InChI=1S/C31H33O2S.C26H29OS.C20H12F3OS.C18H19S.C14H11S/c1-19-11-25(34-28-9-5-3-7-26(28)27-8-4-6-10-29(27)34)12-20(2)30(19)32-18-33-31-23-14-21-13-22(16-23)17-24(31)15-21;1-4-5-6-11-16-27-26-19(2)17-21(18-20(26)3)28-24-14-9-7-12-22(24)23-13-8-10-15-25(23)28;21-20(22,23)13-10-11-18-16(12-13)19(24)15-8-4-5-9-17(15)25(18)14-6-2-1-3-7-14;1-18(2,3)15-8-10-16(11-9-15)19-13-12-14-6-4-5-7-17(14)19;1-2-7-13(8-3-1)15-11-10-12-6-4-5-9-14(12)15/h3-12,21-24,31H,13-18H2,1-2H3;7-10,12-15,17-18H,4-6,11,16H2,1-3H3;1-12H;4-13H,1-3H3;1-11H/q5*+1. The number of ether oxygens (including phenoxy) is 3. The number of thiophene rings is 4. The molecule has 0 radical (unpaired) electrons. The Bertz CT molecular complexity index is 6600. The number of alkyl halides is 3. The summed E-state index contributed by atoms with van der Waals surface area (Å²) in [5.41, 5.74) is 5.39. The van der Waals surface area contributed by atoms with Crippen LogP contribution in [0.4, 0.5) is 13.2 Å². The van der Waals surface area contributed by atoms with Crippen LogP contribution in [0.2, 0.25) is 0 Å². The zero-order valence-electron chi connectivity index (χ0n) is 70.1. The molecule has 3 atom stereocenters. The summed E-state index contributed by atoms with van der Waals surface area (Å²) in [6.45, 7) is 19.0. The topological polar surface area (TPSA) is 44.8 Å². The average Bonchev–Trinajstić information content (AvgIpc) is 1.74. The summed E-state index contributed by atoms with van der Waals surface area (Å²) < 4.78 is 68.3. The minimum Gasteiger partial charge on any atom is -0.493 e. The van der Waals surface area contributed by atoms with Gasteiger partial charge < -0.3 is 14.2 Å². The Morgan fingerprint density at radius 3 is 1.17 bits per heavy atom. The molecule has 0 N–H and O–H groups in total. The van der Waals surface area contributed by atoms with Crippen molar-refractivity contribution < 1.29 is 27.4 Å². The third kappa shape index (κ3) is 17.5. The number of halogens is 3. The van der Waals surface area contributed by atoms with Gasteiger partial charge >= 0.3 is 6.18 Å². The molecule has 0 saturated heterocycles.